The van der Waals surface area contributed by atoms with Gasteiger partial charge in [0.2, 0.25) is 5.91 Å². The maximum Gasteiger partial charge on any atom is 0.341 e. The Hall–Kier alpha value is -1.83. The quantitative estimate of drug-likeness (QED) is 0.785. The summed E-state index contributed by atoms with van der Waals surface area (Å²) < 4.78 is 10.6. The van der Waals surface area contributed by atoms with Crippen LogP contribution in [0.3, 0.4) is 0 Å². The second kappa shape index (κ2) is 8.70. The lowest BCUT2D eigenvalue weighted by atomic mass is 10.1. The van der Waals surface area contributed by atoms with E-state index in [0.717, 1.165) is 19.4 Å². The first-order valence-electron chi connectivity index (χ1n) is 8.83. The van der Waals surface area contributed by atoms with Gasteiger partial charge in [0.25, 0.3) is 0 Å². The van der Waals surface area contributed by atoms with Crippen LogP contribution in [-0.2, 0) is 14.3 Å². The summed E-state index contributed by atoms with van der Waals surface area (Å²) in [4.78, 5) is 25.6. The molecule has 1 saturated heterocycles. The Morgan fingerprint density at radius 2 is 2.12 bits per heavy atom. The van der Waals surface area contributed by atoms with Crippen LogP contribution >= 0.6 is 11.6 Å². The number of morpholine rings is 1. The molecule has 1 atom stereocenters. The molecule has 2 N–H and O–H groups in total. The molecule has 1 aliphatic heterocycles. The van der Waals surface area contributed by atoms with Crippen LogP contribution in [0.2, 0.25) is 5.02 Å². The first kappa shape index (κ1) is 18.9. The molecule has 1 heterocycles. The third-order valence-electron chi connectivity index (χ3n) is 4.82. The molecule has 1 aliphatic carbocycles. The lowest BCUT2D eigenvalue weighted by Crippen LogP contribution is -2.55. The Labute approximate surface area is 157 Å². The first-order chi connectivity index (χ1) is 12.5. The van der Waals surface area contributed by atoms with E-state index in [1.165, 1.54) is 12.8 Å². The lowest BCUT2D eigenvalue weighted by Gasteiger charge is -2.38. The molecule has 3 rings (SSSR count). The molecule has 8 heteroatoms. The third-order valence-corrected chi connectivity index (χ3v) is 5.11. The zero-order valence-corrected chi connectivity index (χ0v) is 15.2. The number of hydrogen-bond donors (Lipinski definition) is 2. The Kier molecular flexibility index (Phi) is 6.34. The van der Waals surface area contributed by atoms with Crippen molar-refractivity contribution >= 4 is 29.2 Å². The number of carboxylic acids is 1. The Morgan fingerprint density at radius 3 is 2.81 bits per heavy atom. The highest BCUT2D eigenvalue weighted by Crippen LogP contribution is 2.29. The number of amides is 1. The summed E-state index contributed by atoms with van der Waals surface area (Å²) >= 11 is 6.11. The molecule has 26 heavy (non-hydrogen) atoms. The minimum Gasteiger partial charge on any atom is -0.480 e. The van der Waals surface area contributed by atoms with Gasteiger partial charge in [0, 0.05) is 18.3 Å². The van der Waals surface area contributed by atoms with Gasteiger partial charge in [-0.1, -0.05) is 24.4 Å². The van der Waals surface area contributed by atoms with Gasteiger partial charge in [-0.15, -0.1) is 0 Å². The summed E-state index contributed by atoms with van der Waals surface area (Å²) in [5.41, 5.74) is 0.541. The first-order valence-corrected chi connectivity index (χ1v) is 9.21. The number of ether oxygens (including phenoxy) is 2. The lowest BCUT2D eigenvalue weighted by molar-refractivity contribution is -0.139. The minimum atomic E-state index is -1.08. The standard InChI is InChI=1S/C18H23ClN2O5/c19-14-9-12(5-6-16(14)26-11-17(22)23)20-18(24)15-10-25-8-7-21(15)13-3-1-2-4-13/h5-6,9,13,15H,1-4,7-8,10-11H2,(H,20,24)(H,22,23). The average molecular weight is 383 g/mol. The number of nitrogens with one attached hydrogen (secondary N) is 1. The molecule has 0 spiro atoms. The molecule has 1 amide bonds. The Balaban J connectivity index is 1.64. The summed E-state index contributed by atoms with van der Waals surface area (Å²) in [7, 11) is 0. The number of carboxylic acid groups (broad SMARTS) is 1. The summed E-state index contributed by atoms with van der Waals surface area (Å²) in [6.45, 7) is 1.34. The number of aliphatic carboxylic acids is 1. The van der Waals surface area contributed by atoms with Crippen molar-refractivity contribution in [2.75, 3.05) is 31.7 Å². The number of hydrogen-bond acceptors (Lipinski definition) is 5. The second-order valence-electron chi connectivity index (χ2n) is 6.58. The van der Waals surface area contributed by atoms with Gasteiger partial charge in [0.1, 0.15) is 11.8 Å². The summed E-state index contributed by atoms with van der Waals surface area (Å²) in [6, 6.07) is 4.89. The van der Waals surface area contributed by atoms with E-state index in [9.17, 15) is 9.59 Å². The number of halogens is 1. The van der Waals surface area contributed by atoms with E-state index in [1.54, 1.807) is 18.2 Å². The molecule has 0 aromatic heterocycles. The molecule has 2 fully saturated rings. The fraction of sp³-hybridized carbons (Fsp3) is 0.556. The van der Waals surface area contributed by atoms with Gasteiger partial charge in [-0.25, -0.2) is 4.79 Å². The van der Waals surface area contributed by atoms with Gasteiger partial charge in [0.05, 0.1) is 18.2 Å². The highest BCUT2D eigenvalue weighted by molar-refractivity contribution is 6.32. The van der Waals surface area contributed by atoms with Crippen LogP contribution in [0.15, 0.2) is 18.2 Å². The maximum absolute atomic E-state index is 12.8. The van der Waals surface area contributed by atoms with E-state index in [0.29, 0.717) is 24.9 Å². The van der Waals surface area contributed by atoms with Gasteiger partial charge in [-0.3, -0.25) is 9.69 Å². The van der Waals surface area contributed by atoms with Crippen LogP contribution < -0.4 is 10.1 Å². The monoisotopic (exact) mass is 382 g/mol. The van der Waals surface area contributed by atoms with E-state index in [-0.39, 0.29) is 22.7 Å². The normalized spacial score (nSPS) is 21.5. The molecular weight excluding hydrogens is 360 g/mol. The maximum atomic E-state index is 12.8. The molecule has 7 nitrogen and oxygen atoms in total. The van der Waals surface area contributed by atoms with Crippen molar-refractivity contribution in [1.29, 1.82) is 0 Å². The van der Waals surface area contributed by atoms with Crippen molar-refractivity contribution in [3.05, 3.63) is 23.2 Å². The minimum absolute atomic E-state index is 0.119. The van der Waals surface area contributed by atoms with Crippen LogP contribution in [0.1, 0.15) is 25.7 Å². The van der Waals surface area contributed by atoms with Crippen molar-refractivity contribution in [2.45, 2.75) is 37.8 Å². The van der Waals surface area contributed by atoms with E-state index < -0.39 is 12.6 Å². The fourth-order valence-corrected chi connectivity index (χ4v) is 3.81. The molecule has 1 unspecified atom stereocenters. The second-order valence-corrected chi connectivity index (χ2v) is 6.99. The Bertz CT molecular complexity index is 663. The number of anilines is 1. The molecule has 0 bridgehead atoms. The summed E-state index contributed by atoms with van der Waals surface area (Å²) in [5, 5.41) is 11.8. The Morgan fingerprint density at radius 1 is 1.35 bits per heavy atom. The molecule has 0 radical (unpaired) electrons. The van der Waals surface area contributed by atoms with Gasteiger partial charge >= 0.3 is 5.97 Å². The van der Waals surface area contributed by atoms with E-state index in [1.807, 2.05) is 0 Å². The van der Waals surface area contributed by atoms with Crippen molar-refractivity contribution < 1.29 is 24.2 Å². The van der Waals surface area contributed by atoms with Gasteiger partial charge < -0.3 is 19.9 Å². The highest BCUT2D eigenvalue weighted by atomic mass is 35.5. The number of rotatable bonds is 6. The zero-order valence-electron chi connectivity index (χ0n) is 14.4. The summed E-state index contributed by atoms with van der Waals surface area (Å²) in [6.07, 6.45) is 4.68. The number of benzene rings is 1. The number of nitrogens with zero attached hydrogens (tertiary/aromatic N) is 1. The van der Waals surface area contributed by atoms with E-state index in [2.05, 4.69) is 10.2 Å². The van der Waals surface area contributed by atoms with E-state index in [4.69, 9.17) is 26.2 Å². The predicted molar refractivity (Wildman–Crippen MR) is 96.8 cm³/mol. The van der Waals surface area contributed by atoms with Gasteiger partial charge in [0.15, 0.2) is 6.61 Å². The topological polar surface area (TPSA) is 88.1 Å². The number of carbonyl (C=O) groups excluding carboxylic acids is 1. The van der Waals surface area contributed by atoms with Crippen LogP contribution in [0, 0.1) is 0 Å². The molecular formula is C18H23ClN2O5. The number of carbonyl (C=O) groups is 2. The highest BCUT2D eigenvalue weighted by Gasteiger charge is 2.35. The SMILES string of the molecule is O=C(O)COc1ccc(NC(=O)C2COCCN2C2CCCC2)cc1Cl. The third kappa shape index (κ3) is 4.66. The molecule has 142 valence electrons. The van der Waals surface area contributed by atoms with Crippen LogP contribution in [0.25, 0.3) is 0 Å². The van der Waals surface area contributed by atoms with E-state index >= 15 is 0 Å². The van der Waals surface area contributed by atoms with Crippen molar-refractivity contribution in [2.24, 2.45) is 0 Å². The molecule has 1 aromatic carbocycles. The van der Waals surface area contributed by atoms with Crippen LogP contribution in [0.4, 0.5) is 5.69 Å². The largest absolute Gasteiger partial charge is 0.480 e. The fourth-order valence-electron chi connectivity index (χ4n) is 3.58. The summed E-state index contributed by atoms with van der Waals surface area (Å²) in [5.74, 6) is -0.935. The smallest absolute Gasteiger partial charge is 0.341 e. The van der Waals surface area contributed by atoms with Gasteiger partial charge in [-0.2, -0.15) is 0 Å². The van der Waals surface area contributed by atoms with Crippen molar-refractivity contribution in [1.82, 2.24) is 4.90 Å². The zero-order chi connectivity index (χ0) is 18.5. The predicted octanol–water partition coefficient (Wildman–Crippen LogP) is 2.39. The van der Waals surface area contributed by atoms with Crippen LogP contribution in [0.5, 0.6) is 5.75 Å². The van der Waals surface area contributed by atoms with Crippen molar-refractivity contribution in [3.8, 4) is 5.75 Å². The van der Waals surface area contributed by atoms with Crippen molar-refractivity contribution in [3.63, 3.8) is 0 Å². The average Bonchev–Trinajstić information content (AvgIpc) is 3.15. The van der Waals surface area contributed by atoms with Crippen LogP contribution in [-0.4, -0.2) is 60.3 Å². The van der Waals surface area contributed by atoms with Gasteiger partial charge in [-0.05, 0) is 31.0 Å². The molecule has 2 aliphatic rings. The molecule has 1 aromatic rings. The molecule has 1 saturated carbocycles.